The number of carbonyl (C=O) groups excluding carboxylic acids is 1. The van der Waals surface area contributed by atoms with Crippen molar-refractivity contribution in [3.05, 3.63) is 28.8 Å². The van der Waals surface area contributed by atoms with E-state index in [1.165, 1.54) is 6.20 Å². The number of ether oxygens (including phenoxy) is 1. The Balaban J connectivity index is 1.78. The smallest absolute Gasteiger partial charge is 0.358 e. The zero-order valence-electron chi connectivity index (χ0n) is 18.7. The predicted molar refractivity (Wildman–Crippen MR) is 121 cm³/mol. The third-order valence-corrected chi connectivity index (χ3v) is 6.65. The number of aromatic amines is 1. The summed E-state index contributed by atoms with van der Waals surface area (Å²) in [6.07, 6.45) is 3.19. The van der Waals surface area contributed by atoms with Gasteiger partial charge in [0, 0.05) is 50.4 Å². The van der Waals surface area contributed by atoms with E-state index >= 15 is 4.39 Å². The van der Waals surface area contributed by atoms with E-state index in [-0.39, 0.29) is 47.2 Å². The molecule has 9 nitrogen and oxygen atoms in total. The lowest BCUT2D eigenvalue weighted by Gasteiger charge is -2.37. The number of aromatic hydroxyl groups is 1. The van der Waals surface area contributed by atoms with Crippen LogP contribution in [0.15, 0.2) is 11.8 Å². The number of carboxylic acids is 1. The molecule has 0 amide bonds. The number of hydrogen-bond acceptors (Lipinski definition) is 7. The summed E-state index contributed by atoms with van der Waals surface area (Å²) in [6.45, 7) is 4.34. The molecule has 176 valence electrons. The second kappa shape index (κ2) is 7.95. The molecule has 0 bridgehead atoms. The number of piperazine rings is 1. The molecular weight excluding hydrogens is 431 g/mol. The van der Waals surface area contributed by atoms with Crippen molar-refractivity contribution in [3.8, 4) is 5.75 Å². The highest BCUT2D eigenvalue weighted by Gasteiger charge is 2.39. The molecular formula is C23H27FN4O5. The summed E-state index contributed by atoms with van der Waals surface area (Å²) in [5.74, 6) is -2.69. The number of hydrogen-bond donors (Lipinski definition) is 3. The molecule has 3 heterocycles. The van der Waals surface area contributed by atoms with Gasteiger partial charge in [0.1, 0.15) is 0 Å². The second-order valence-electron chi connectivity index (χ2n) is 8.87. The zero-order chi connectivity index (χ0) is 23.4. The topological polar surface area (TPSA) is 109 Å². The second-order valence-corrected chi connectivity index (χ2v) is 8.87. The van der Waals surface area contributed by atoms with Crippen molar-refractivity contribution in [3.63, 3.8) is 0 Å². The van der Waals surface area contributed by atoms with Gasteiger partial charge in [-0.15, -0.1) is 0 Å². The fourth-order valence-electron chi connectivity index (χ4n) is 4.78. The van der Waals surface area contributed by atoms with Crippen LogP contribution in [0.4, 0.5) is 15.8 Å². The molecule has 33 heavy (non-hydrogen) atoms. The van der Waals surface area contributed by atoms with Crippen molar-refractivity contribution in [2.75, 3.05) is 49.6 Å². The van der Waals surface area contributed by atoms with E-state index in [0.717, 1.165) is 25.9 Å². The normalized spacial score (nSPS) is 18.9. The van der Waals surface area contributed by atoms with Gasteiger partial charge in [0.15, 0.2) is 17.3 Å². The number of carbonyl (C=O) groups is 2. The Kier molecular flexibility index (Phi) is 5.19. The van der Waals surface area contributed by atoms with Gasteiger partial charge in [0.2, 0.25) is 0 Å². The first-order valence-electron chi connectivity index (χ1n) is 11.2. The summed E-state index contributed by atoms with van der Waals surface area (Å²) in [5.41, 5.74) is 1.34. The van der Waals surface area contributed by atoms with Crippen molar-refractivity contribution in [2.24, 2.45) is 0 Å². The molecule has 10 heteroatoms. The molecule has 3 aliphatic rings. The summed E-state index contributed by atoms with van der Waals surface area (Å²) < 4.78 is 21.4. The van der Waals surface area contributed by atoms with Crippen LogP contribution in [0.3, 0.4) is 0 Å². The number of benzene rings is 1. The number of fused-ring (bicyclic) bond motifs is 3. The molecule has 1 saturated carbocycles. The Bertz CT molecular complexity index is 1180. The van der Waals surface area contributed by atoms with Crippen LogP contribution in [0.25, 0.3) is 10.9 Å². The molecule has 0 atom stereocenters. The van der Waals surface area contributed by atoms with E-state index in [1.54, 1.807) is 11.8 Å². The lowest BCUT2D eigenvalue weighted by Crippen LogP contribution is -2.45. The van der Waals surface area contributed by atoms with Gasteiger partial charge in [0.05, 0.1) is 34.5 Å². The number of carboxylic acid groups (broad SMARTS) is 1. The zero-order valence-corrected chi connectivity index (χ0v) is 18.7. The molecule has 0 unspecified atom stereocenters. The average Bonchev–Trinajstić information content (AvgIpc) is 3.58. The molecule has 1 saturated heterocycles. The highest BCUT2D eigenvalue weighted by molar-refractivity contribution is 6.10. The minimum atomic E-state index is -1.08. The average molecular weight is 458 g/mol. The number of H-pyrrole nitrogens is 1. The number of halogens is 1. The van der Waals surface area contributed by atoms with E-state index in [4.69, 9.17) is 4.74 Å². The minimum Gasteiger partial charge on any atom is -0.505 e. The summed E-state index contributed by atoms with van der Waals surface area (Å²) in [6, 6.07) is 0.0266. The monoisotopic (exact) mass is 458 g/mol. The number of anilines is 2. The van der Waals surface area contributed by atoms with Crippen LogP contribution in [0.1, 0.15) is 35.8 Å². The molecule has 1 aromatic heterocycles. The lowest BCUT2D eigenvalue weighted by molar-refractivity contribution is -0.132. The number of esters is 1. The SMILES string of the molecule is CCOC(=O)c1[nH]c2c3c(c(F)c(N4CCN(C)CC4)c2c1O)N(C1CC1)C=C(C(=O)O)C3. The lowest BCUT2D eigenvalue weighted by atomic mass is 9.94. The molecule has 1 aliphatic carbocycles. The van der Waals surface area contributed by atoms with E-state index < -0.39 is 17.8 Å². The fraction of sp³-hybridized carbons (Fsp3) is 0.478. The maximum absolute atomic E-state index is 16.4. The van der Waals surface area contributed by atoms with Gasteiger partial charge in [-0.2, -0.15) is 0 Å². The van der Waals surface area contributed by atoms with E-state index in [1.807, 2.05) is 11.9 Å². The maximum atomic E-state index is 16.4. The number of rotatable bonds is 5. The van der Waals surface area contributed by atoms with Gasteiger partial charge in [-0.25, -0.2) is 14.0 Å². The Morgan fingerprint density at radius 1 is 1.21 bits per heavy atom. The Hall–Kier alpha value is -3.27. The maximum Gasteiger partial charge on any atom is 0.358 e. The molecule has 0 radical (unpaired) electrons. The number of aromatic nitrogens is 1. The molecule has 5 rings (SSSR count). The highest BCUT2D eigenvalue weighted by atomic mass is 19.1. The van der Waals surface area contributed by atoms with Crippen LogP contribution in [-0.2, 0) is 16.0 Å². The number of aliphatic carboxylic acids is 1. The van der Waals surface area contributed by atoms with Gasteiger partial charge in [-0.3, -0.25) is 0 Å². The standard InChI is InChI=1S/C23H27FN4O5/c1-3-33-23(32)18-21(29)15-17(25-18)14-10-12(22(30)31)11-28(13-4-5-13)19(14)16(24)20(15)27-8-6-26(2)7-9-27/h11,13,25,29H,3-10H2,1-2H3,(H,30,31). The first kappa shape index (κ1) is 21.6. The first-order chi connectivity index (χ1) is 15.8. The molecule has 2 fully saturated rings. The Morgan fingerprint density at radius 3 is 2.52 bits per heavy atom. The summed E-state index contributed by atoms with van der Waals surface area (Å²) in [5, 5.41) is 20.9. The quantitative estimate of drug-likeness (QED) is 0.587. The van der Waals surface area contributed by atoms with Crippen molar-refractivity contribution in [1.82, 2.24) is 9.88 Å². The number of likely N-dealkylation sites (N-methyl/N-ethyl adjacent to an activating group) is 1. The van der Waals surface area contributed by atoms with E-state index in [0.29, 0.717) is 29.9 Å². The van der Waals surface area contributed by atoms with Crippen LogP contribution >= 0.6 is 0 Å². The van der Waals surface area contributed by atoms with E-state index in [2.05, 4.69) is 9.88 Å². The predicted octanol–water partition coefficient (Wildman–Crippen LogP) is 2.43. The molecule has 0 spiro atoms. The van der Waals surface area contributed by atoms with Crippen LogP contribution < -0.4 is 9.80 Å². The summed E-state index contributed by atoms with van der Waals surface area (Å²) in [7, 11) is 2.00. The van der Waals surface area contributed by atoms with Gasteiger partial charge < -0.3 is 34.6 Å². The third kappa shape index (κ3) is 3.49. The van der Waals surface area contributed by atoms with E-state index in [9.17, 15) is 19.8 Å². The first-order valence-corrected chi connectivity index (χ1v) is 11.2. The molecule has 3 N–H and O–H groups in total. The molecule has 2 aromatic rings. The van der Waals surface area contributed by atoms with Crippen LogP contribution in [0.2, 0.25) is 0 Å². The molecule has 1 aromatic carbocycles. The van der Waals surface area contributed by atoms with Crippen molar-refractivity contribution in [1.29, 1.82) is 0 Å². The van der Waals surface area contributed by atoms with Crippen molar-refractivity contribution in [2.45, 2.75) is 32.2 Å². The highest BCUT2D eigenvalue weighted by Crippen LogP contribution is 2.49. The third-order valence-electron chi connectivity index (χ3n) is 6.65. The van der Waals surface area contributed by atoms with Crippen LogP contribution in [-0.4, -0.2) is 77.9 Å². The fourth-order valence-corrected chi connectivity index (χ4v) is 4.78. The van der Waals surface area contributed by atoms with Crippen LogP contribution in [0, 0.1) is 5.82 Å². The van der Waals surface area contributed by atoms with Crippen LogP contribution in [0.5, 0.6) is 5.75 Å². The Labute approximate surface area is 190 Å². The van der Waals surface area contributed by atoms with Crippen molar-refractivity contribution < 1.29 is 28.9 Å². The summed E-state index contributed by atoms with van der Waals surface area (Å²) >= 11 is 0. The van der Waals surface area contributed by atoms with Gasteiger partial charge in [-0.1, -0.05) is 0 Å². The van der Waals surface area contributed by atoms with Gasteiger partial charge in [-0.05, 0) is 26.8 Å². The van der Waals surface area contributed by atoms with Gasteiger partial charge >= 0.3 is 11.9 Å². The number of nitrogens with one attached hydrogen (secondary N) is 1. The minimum absolute atomic E-state index is 0.0213. The molecule has 2 aliphatic heterocycles. The largest absolute Gasteiger partial charge is 0.505 e. The van der Waals surface area contributed by atoms with Gasteiger partial charge in [0.25, 0.3) is 0 Å². The van der Waals surface area contributed by atoms with Crippen molar-refractivity contribution >= 4 is 34.2 Å². The summed E-state index contributed by atoms with van der Waals surface area (Å²) in [4.78, 5) is 33.1. The Morgan fingerprint density at radius 2 is 1.91 bits per heavy atom. The number of nitrogens with zero attached hydrogens (tertiary/aromatic N) is 3.